The van der Waals surface area contributed by atoms with Crippen LogP contribution in [0.5, 0.6) is 0 Å². The lowest BCUT2D eigenvalue weighted by atomic mass is 10.3. The largest absolute Gasteiger partial charge is 0.372 e. The maximum absolute atomic E-state index is 6.20. The molecule has 4 nitrogen and oxygen atoms in total. The number of hydrogen-bond donors (Lipinski definition) is 1. The molecule has 0 saturated heterocycles. The molecule has 0 bridgehead atoms. The average Bonchev–Trinajstić information content (AvgIpc) is 2.89. The van der Waals surface area contributed by atoms with E-state index in [1.54, 1.807) is 23.6 Å². The molecule has 0 aromatic carbocycles. The summed E-state index contributed by atoms with van der Waals surface area (Å²) in [5.74, 6) is 1.27. The Morgan fingerprint density at radius 2 is 2.05 bits per heavy atom. The summed E-state index contributed by atoms with van der Waals surface area (Å²) in [6.45, 7) is 2.12. The van der Waals surface area contributed by atoms with Crippen LogP contribution in [0, 0.1) is 0 Å². The molecule has 0 radical (unpaired) electrons. The minimum atomic E-state index is 0.441. The zero-order valence-electron chi connectivity index (χ0n) is 11.4. The lowest BCUT2D eigenvalue weighted by Crippen LogP contribution is -1.98. The molecule has 0 saturated carbocycles. The second-order valence-corrected chi connectivity index (χ2v) is 6.37. The van der Waals surface area contributed by atoms with Crippen LogP contribution in [-0.2, 0) is 6.42 Å². The zero-order chi connectivity index (χ0) is 15.0. The monoisotopic (exact) mass is 338 g/mol. The van der Waals surface area contributed by atoms with Crippen LogP contribution in [0.4, 0.5) is 5.82 Å². The minimum Gasteiger partial charge on any atom is -0.372 e. The van der Waals surface area contributed by atoms with E-state index < -0.39 is 0 Å². The summed E-state index contributed by atoms with van der Waals surface area (Å²) >= 11 is 13.7. The maximum Gasteiger partial charge on any atom is 0.183 e. The van der Waals surface area contributed by atoms with Crippen molar-refractivity contribution in [1.82, 2.24) is 15.0 Å². The third-order valence-corrected chi connectivity index (χ3v) is 4.72. The number of halogens is 2. The Morgan fingerprint density at radius 1 is 1.24 bits per heavy atom. The summed E-state index contributed by atoms with van der Waals surface area (Å²) in [5.41, 5.74) is 0.533. The van der Waals surface area contributed by atoms with Crippen molar-refractivity contribution in [2.24, 2.45) is 0 Å². The summed E-state index contributed by atoms with van der Waals surface area (Å²) in [4.78, 5) is 15.5. The van der Waals surface area contributed by atoms with Crippen molar-refractivity contribution in [2.45, 2.75) is 13.3 Å². The lowest BCUT2D eigenvalue weighted by molar-refractivity contribution is 1.17. The Labute approximate surface area is 136 Å². The van der Waals surface area contributed by atoms with E-state index in [4.69, 9.17) is 23.2 Å². The highest BCUT2D eigenvalue weighted by Gasteiger charge is 2.15. The van der Waals surface area contributed by atoms with Crippen LogP contribution < -0.4 is 5.32 Å². The second kappa shape index (κ2) is 5.75. The molecule has 3 heterocycles. The van der Waals surface area contributed by atoms with Gasteiger partial charge in [0.1, 0.15) is 16.3 Å². The Morgan fingerprint density at radius 3 is 2.71 bits per heavy atom. The molecule has 0 amide bonds. The summed E-state index contributed by atoms with van der Waals surface area (Å²) in [6, 6.07) is 3.76. The van der Waals surface area contributed by atoms with Gasteiger partial charge in [0.2, 0.25) is 0 Å². The number of nitrogens with one attached hydrogen (secondary N) is 1. The van der Waals surface area contributed by atoms with Crippen molar-refractivity contribution in [3.8, 4) is 11.5 Å². The summed E-state index contributed by atoms with van der Waals surface area (Å²) in [5, 5.41) is 5.06. The van der Waals surface area contributed by atoms with Crippen molar-refractivity contribution in [3.63, 3.8) is 0 Å². The van der Waals surface area contributed by atoms with Gasteiger partial charge in [-0.25, -0.2) is 15.0 Å². The molecule has 21 heavy (non-hydrogen) atoms. The molecule has 1 N–H and O–H groups in total. The maximum atomic E-state index is 6.20. The highest BCUT2D eigenvalue weighted by Crippen LogP contribution is 2.33. The molecule has 0 aliphatic carbocycles. The number of rotatable bonds is 3. The van der Waals surface area contributed by atoms with Gasteiger partial charge in [-0.15, -0.1) is 11.3 Å². The number of thiophene rings is 1. The van der Waals surface area contributed by atoms with Gasteiger partial charge in [-0.2, -0.15) is 0 Å². The van der Waals surface area contributed by atoms with Crippen LogP contribution in [0.2, 0.25) is 10.0 Å². The van der Waals surface area contributed by atoms with Crippen molar-refractivity contribution in [1.29, 1.82) is 0 Å². The van der Waals surface area contributed by atoms with E-state index in [0.29, 0.717) is 21.6 Å². The third-order valence-electron chi connectivity index (χ3n) is 3.05. The van der Waals surface area contributed by atoms with Gasteiger partial charge in [-0.1, -0.05) is 30.1 Å². The lowest BCUT2D eigenvalue weighted by Gasteiger charge is -2.06. The fourth-order valence-corrected chi connectivity index (χ4v) is 3.45. The quantitative estimate of drug-likeness (QED) is 0.754. The molecule has 3 rings (SSSR count). The first-order valence-corrected chi connectivity index (χ1v) is 7.99. The predicted molar refractivity (Wildman–Crippen MR) is 89.6 cm³/mol. The van der Waals surface area contributed by atoms with Crippen molar-refractivity contribution >= 4 is 50.6 Å². The molecule has 7 heteroatoms. The van der Waals surface area contributed by atoms with E-state index in [2.05, 4.69) is 33.3 Å². The van der Waals surface area contributed by atoms with E-state index in [-0.39, 0.29) is 0 Å². The number of aryl methyl sites for hydroxylation is 1. The van der Waals surface area contributed by atoms with Crippen molar-refractivity contribution in [2.75, 3.05) is 12.4 Å². The fraction of sp³-hybridized carbons (Fsp3) is 0.214. The highest BCUT2D eigenvalue weighted by atomic mass is 35.5. The molecule has 0 spiro atoms. The first-order chi connectivity index (χ1) is 10.1. The van der Waals surface area contributed by atoms with E-state index in [1.807, 2.05) is 7.05 Å². The smallest absolute Gasteiger partial charge is 0.183 e. The number of pyridine rings is 1. The molecule has 3 aromatic heterocycles. The first kappa shape index (κ1) is 14.5. The number of hydrogen-bond acceptors (Lipinski definition) is 5. The van der Waals surface area contributed by atoms with Gasteiger partial charge in [-0.05, 0) is 18.6 Å². The van der Waals surface area contributed by atoms with Gasteiger partial charge >= 0.3 is 0 Å². The molecule has 0 aliphatic heterocycles. The Bertz CT molecular complexity index is 816. The van der Waals surface area contributed by atoms with Gasteiger partial charge in [0, 0.05) is 18.1 Å². The molecule has 0 atom stereocenters. The highest BCUT2D eigenvalue weighted by molar-refractivity contribution is 7.18. The predicted octanol–water partition coefficient (Wildman–Crippen LogP) is 4.66. The van der Waals surface area contributed by atoms with Gasteiger partial charge in [0.15, 0.2) is 5.82 Å². The Balaban J connectivity index is 2.23. The third kappa shape index (κ3) is 2.69. The van der Waals surface area contributed by atoms with Crippen LogP contribution in [0.1, 0.15) is 11.8 Å². The standard InChI is InChI=1S/C14H12Cl2N4S/c1-3-8-5-9-12(17-2)19-13(20-14(9)21-8)11-10(16)4-7(15)6-18-11/h4-6H,3H2,1-2H3,(H,17,19,20). The Kier molecular flexibility index (Phi) is 3.97. The minimum absolute atomic E-state index is 0.441. The Hall–Kier alpha value is -1.43. The van der Waals surface area contributed by atoms with E-state index in [1.165, 1.54) is 4.88 Å². The van der Waals surface area contributed by atoms with Gasteiger partial charge in [0.05, 0.1) is 15.4 Å². The normalized spacial score (nSPS) is 11.0. The number of nitrogens with zero attached hydrogens (tertiary/aromatic N) is 3. The van der Waals surface area contributed by atoms with Gasteiger partial charge in [0.25, 0.3) is 0 Å². The summed E-state index contributed by atoms with van der Waals surface area (Å²) < 4.78 is 0. The SMILES string of the molecule is CCc1cc2c(NC)nc(-c3ncc(Cl)cc3Cl)nc2s1. The van der Waals surface area contributed by atoms with Crippen LogP contribution >= 0.6 is 34.5 Å². The van der Waals surface area contributed by atoms with E-state index in [0.717, 1.165) is 22.5 Å². The summed E-state index contributed by atoms with van der Waals surface area (Å²) in [6.07, 6.45) is 2.51. The average molecular weight is 339 g/mol. The van der Waals surface area contributed by atoms with Gasteiger partial charge in [-0.3, -0.25) is 0 Å². The number of fused-ring (bicyclic) bond motifs is 1. The number of aromatic nitrogens is 3. The number of anilines is 1. The van der Waals surface area contributed by atoms with Crippen LogP contribution in [-0.4, -0.2) is 22.0 Å². The molecule has 0 unspecified atom stereocenters. The first-order valence-electron chi connectivity index (χ1n) is 6.42. The summed E-state index contributed by atoms with van der Waals surface area (Å²) in [7, 11) is 1.84. The molecule has 0 aliphatic rings. The van der Waals surface area contributed by atoms with Crippen molar-refractivity contribution in [3.05, 3.63) is 33.3 Å². The molecular formula is C14H12Cl2N4S. The van der Waals surface area contributed by atoms with E-state index >= 15 is 0 Å². The van der Waals surface area contributed by atoms with Crippen LogP contribution in [0.3, 0.4) is 0 Å². The molecule has 3 aromatic rings. The second-order valence-electron chi connectivity index (χ2n) is 4.41. The topological polar surface area (TPSA) is 50.7 Å². The van der Waals surface area contributed by atoms with E-state index in [9.17, 15) is 0 Å². The van der Waals surface area contributed by atoms with Crippen LogP contribution in [0.25, 0.3) is 21.7 Å². The van der Waals surface area contributed by atoms with Gasteiger partial charge < -0.3 is 5.32 Å². The van der Waals surface area contributed by atoms with Crippen molar-refractivity contribution < 1.29 is 0 Å². The fourth-order valence-electron chi connectivity index (χ4n) is 2.02. The van der Waals surface area contributed by atoms with Crippen LogP contribution in [0.15, 0.2) is 18.3 Å². The molecule has 0 fully saturated rings. The molecule has 108 valence electrons. The zero-order valence-corrected chi connectivity index (χ0v) is 13.8. The molecular weight excluding hydrogens is 327 g/mol.